The van der Waals surface area contributed by atoms with Crippen molar-refractivity contribution in [1.82, 2.24) is 19.9 Å². The zero-order valence-electron chi connectivity index (χ0n) is 17.3. The summed E-state index contributed by atoms with van der Waals surface area (Å²) >= 11 is 6.02. The van der Waals surface area contributed by atoms with Crippen LogP contribution in [-0.2, 0) is 20.8 Å². The number of nitrogens with zero attached hydrogens (tertiary/aromatic N) is 3. The maximum atomic E-state index is 12.0. The Morgan fingerprint density at radius 2 is 1.93 bits per heavy atom. The lowest BCUT2D eigenvalue weighted by Crippen LogP contribution is -2.34. The molecule has 0 fully saturated rings. The maximum absolute atomic E-state index is 12.0. The number of halogens is 1. The Balaban J connectivity index is 2.34. The van der Waals surface area contributed by atoms with E-state index in [1.54, 1.807) is 6.20 Å². The third-order valence-electron chi connectivity index (χ3n) is 3.94. The summed E-state index contributed by atoms with van der Waals surface area (Å²) in [5.41, 5.74) is 1.90. The predicted octanol–water partition coefficient (Wildman–Crippen LogP) is 3.99. The number of carbonyl (C=O) groups excluding carboxylic acids is 1. The fourth-order valence-electron chi connectivity index (χ4n) is 2.90. The van der Waals surface area contributed by atoms with Crippen LogP contribution < -0.4 is 5.32 Å². The molecule has 2 aromatic rings. The third-order valence-corrected chi connectivity index (χ3v) is 4.12. The van der Waals surface area contributed by atoms with E-state index in [1.165, 1.54) is 0 Å². The highest BCUT2D eigenvalue weighted by Crippen LogP contribution is 2.31. The van der Waals surface area contributed by atoms with Crippen molar-refractivity contribution in [3.8, 4) is 0 Å². The second-order valence-electron chi connectivity index (χ2n) is 7.21. The molecule has 0 bridgehead atoms. The van der Waals surface area contributed by atoms with Crippen molar-refractivity contribution in [1.29, 1.82) is 0 Å². The Morgan fingerprint density at radius 3 is 2.50 bits per heavy atom. The molecule has 0 saturated carbocycles. The quantitative estimate of drug-likeness (QED) is 0.521. The van der Waals surface area contributed by atoms with Crippen molar-refractivity contribution in [3.05, 3.63) is 22.7 Å². The first-order chi connectivity index (χ1) is 13.2. The van der Waals surface area contributed by atoms with Gasteiger partial charge in [0.1, 0.15) is 11.2 Å². The molecule has 2 aromatic heterocycles. The number of hydrogen-bond acceptors (Lipinski definition) is 6. The summed E-state index contributed by atoms with van der Waals surface area (Å²) in [7, 11) is 0. The van der Waals surface area contributed by atoms with Crippen LogP contribution in [0.15, 0.2) is 6.20 Å². The van der Waals surface area contributed by atoms with E-state index in [1.807, 2.05) is 46.1 Å². The van der Waals surface area contributed by atoms with Crippen LogP contribution in [0.4, 0.5) is 4.79 Å². The maximum Gasteiger partial charge on any atom is 0.407 e. The second-order valence-corrected chi connectivity index (χ2v) is 7.55. The van der Waals surface area contributed by atoms with Crippen LogP contribution >= 0.6 is 11.6 Å². The highest BCUT2D eigenvalue weighted by Gasteiger charge is 2.24. The molecule has 0 aliphatic carbocycles. The molecule has 2 heterocycles. The van der Waals surface area contributed by atoms with Crippen molar-refractivity contribution in [2.24, 2.45) is 0 Å². The van der Waals surface area contributed by atoms with Crippen molar-refractivity contribution in [2.45, 2.75) is 60.0 Å². The molecule has 0 radical (unpaired) electrons. The number of alkyl carbamates (subject to hydrolysis) is 1. The first kappa shape index (κ1) is 22.4. The number of aromatic nitrogens is 3. The van der Waals surface area contributed by atoms with Crippen LogP contribution in [-0.4, -0.2) is 46.0 Å². The number of amides is 1. The lowest BCUT2D eigenvalue weighted by Gasteiger charge is -2.22. The minimum Gasteiger partial charge on any atom is -0.444 e. The van der Waals surface area contributed by atoms with Crippen LogP contribution in [0.1, 0.15) is 52.2 Å². The SMILES string of the molecule is CCOC(OCC)c1c(C)c2cnc(Cl)nc2n1CCNC(=O)OC(C)(C)C. The minimum absolute atomic E-state index is 0.155. The number of aryl methyl sites for hydroxylation is 1. The molecule has 0 saturated heterocycles. The van der Waals surface area contributed by atoms with E-state index in [9.17, 15) is 4.79 Å². The molecule has 2 rings (SSSR count). The highest BCUT2D eigenvalue weighted by molar-refractivity contribution is 6.28. The summed E-state index contributed by atoms with van der Waals surface area (Å²) in [4.78, 5) is 20.4. The summed E-state index contributed by atoms with van der Waals surface area (Å²) in [5, 5.41) is 3.78. The van der Waals surface area contributed by atoms with Crippen molar-refractivity contribution in [3.63, 3.8) is 0 Å². The largest absolute Gasteiger partial charge is 0.444 e. The van der Waals surface area contributed by atoms with Gasteiger partial charge in [-0.3, -0.25) is 0 Å². The van der Waals surface area contributed by atoms with Gasteiger partial charge in [0.25, 0.3) is 0 Å². The van der Waals surface area contributed by atoms with Gasteiger partial charge in [0, 0.05) is 37.9 Å². The van der Waals surface area contributed by atoms with Gasteiger partial charge in [-0.05, 0) is 58.7 Å². The van der Waals surface area contributed by atoms with Crippen molar-refractivity contribution >= 4 is 28.7 Å². The van der Waals surface area contributed by atoms with Gasteiger partial charge >= 0.3 is 6.09 Å². The zero-order chi connectivity index (χ0) is 20.9. The lowest BCUT2D eigenvalue weighted by molar-refractivity contribution is -0.144. The van der Waals surface area contributed by atoms with Crippen molar-refractivity contribution in [2.75, 3.05) is 19.8 Å². The number of fused-ring (bicyclic) bond motifs is 1. The number of rotatable bonds is 8. The van der Waals surface area contributed by atoms with Gasteiger partial charge in [0.05, 0.1) is 5.69 Å². The molecule has 1 amide bonds. The molecule has 8 nitrogen and oxygen atoms in total. The van der Waals surface area contributed by atoms with Crippen LogP contribution in [0.25, 0.3) is 11.0 Å². The average molecular weight is 413 g/mol. The standard InChI is InChI=1S/C19H29ClN4O4/c1-7-26-16(27-8-2)14-12(3)13-11-22-17(20)23-15(13)24(14)10-9-21-18(25)28-19(4,5)6/h11,16H,7-10H2,1-6H3,(H,21,25). The van der Waals surface area contributed by atoms with E-state index < -0.39 is 18.0 Å². The topological polar surface area (TPSA) is 87.5 Å². The van der Waals surface area contributed by atoms with Crippen LogP contribution in [0.2, 0.25) is 5.28 Å². The van der Waals surface area contributed by atoms with Gasteiger partial charge in [0.15, 0.2) is 6.29 Å². The Morgan fingerprint density at radius 1 is 1.29 bits per heavy atom. The van der Waals surface area contributed by atoms with Gasteiger partial charge in [-0.25, -0.2) is 9.78 Å². The van der Waals surface area contributed by atoms with Gasteiger partial charge in [0.2, 0.25) is 5.28 Å². The van der Waals surface area contributed by atoms with Crippen LogP contribution in [0, 0.1) is 6.92 Å². The van der Waals surface area contributed by atoms with Gasteiger partial charge in [-0.2, -0.15) is 4.98 Å². The zero-order valence-corrected chi connectivity index (χ0v) is 18.1. The molecule has 156 valence electrons. The van der Waals surface area contributed by atoms with Gasteiger partial charge < -0.3 is 24.1 Å². The Labute approximate surface area is 170 Å². The molecule has 0 unspecified atom stereocenters. The predicted molar refractivity (Wildman–Crippen MR) is 108 cm³/mol. The fourth-order valence-corrected chi connectivity index (χ4v) is 3.03. The van der Waals surface area contributed by atoms with E-state index in [2.05, 4.69) is 15.3 Å². The monoisotopic (exact) mass is 412 g/mol. The Hall–Kier alpha value is -1.90. The van der Waals surface area contributed by atoms with E-state index in [0.717, 1.165) is 16.6 Å². The molecule has 0 aromatic carbocycles. The first-order valence-corrected chi connectivity index (χ1v) is 9.77. The molecule has 1 N–H and O–H groups in total. The molecule has 9 heteroatoms. The first-order valence-electron chi connectivity index (χ1n) is 9.39. The highest BCUT2D eigenvalue weighted by atomic mass is 35.5. The van der Waals surface area contributed by atoms with Crippen LogP contribution in [0.5, 0.6) is 0 Å². The summed E-state index contributed by atoms with van der Waals surface area (Å²) in [6, 6.07) is 0. The van der Waals surface area contributed by atoms with E-state index in [4.69, 9.17) is 25.8 Å². The summed E-state index contributed by atoms with van der Waals surface area (Å²) in [6.45, 7) is 13.0. The molecule has 0 atom stereocenters. The number of ether oxygens (including phenoxy) is 3. The Bertz CT molecular complexity index is 810. The summed E-state index contributed by atoms with van der Waals surface area (Å²) in [6.07, 6.45) is 0.668. The minimum atomic E-state index is -0.554. The molecule has 0 aliphatic rings. The van der Waals surface area contributed by atoms with Gasteiger partial charge in [-0.1, -0.05) is 0 Å². The second kappa shape index (κ2) is 9.54. The summed E-state index contributed by atoms with van der Waals surface area (Å²) < 4.78 is 18.9. The molecule has 0 spiro atoms. The van der Waals surface area contributed by atoms with E-state index >= 15 is 0 Å². The average Bonchev–Trinajstić information content (AvgIpc) is 2.85. The normalized spacial score (nSPS) is 12.0. The van der Waals surface area contributed by atoms with E-state index in [-0.39, 0.29) is 5.28 Å². The molecule has 28 heavy (non-hydrogen) atoms. The number of hydrogen-bond donors (Lipinski definition) is 1. The third kappa shape index (κ3) is 5.56. The summed E-state index contributed by atoms with van der Waals surface area (Å²) in [5.74, 6) is 0. The Kier molecular flexibility index (Phi) is 7.63. The lowest BCUT2D eigenvalue weighted by atomic mass is 10.2. The van der Waals surface area contributed by atoms with Crippen molar-refractivity contribution < 1.29 is 19.0 Å². The molecular weight excluding hydrogens is 384 g/mol. The smallest absolute Gasteiger partial charge is 0.407 e. The molecule has 0 aliphatic heterocycles. The number of nitrogens with one attached hydrogen (secondary N) is 1. The van der Waals surface area contributed by atoms with Gasteiger partial charge in [-0.15, -0.1) is 0 Å². The number of carbonyl (C=O) groups is 1. The van der Waals surface area contributed by atoms with Crippen LogP contribution in [0.3, 0.4) is 0 Å². The van der Waals surface area contributed by atoms with E-state index in [0.29, 0.717) is 32.0 Å². The molecular formula is C19H29ClN4O4. The fraction of sp³-hybridized carbons (Fsp3) is 0.632.